The van der Waals surface area contributed by atoms with Crippen molar-refractivity contribution in [3.8, 4) is 0 Å². The molecule has 0 unspecified atom stereocenters. The summed E-state index contributed by atoms with van der Waals surface area (Å²) < 4.78 is 0. The number of nitro benzene ring substituents is 1. The molecule has 0 bridgehead atoms. The molecule has 2 aromatic carbocycles. The molecule has 5 nitrogen and oxygen atoms in total. The molecule has 1 amide bonds. The lowest BCUT2D eigenvalue weighted by molar-refractivity contribution is -0.385. The van der Waals surface area contributed by atoms with E-state index in [2.05, 4.69) is 5.32 Å². The van der Waals surface area contributed by atoms with Gasteiger partial charge in [-0.25, -0.2) is 0 Å². The first-order valence-corrected chi connectivity index (χ1v) is 6.84. The van der Waals surface area contributed by atoms with E-state index in [0.717, 1.165) is 0 Å². The van der Waals surface area contributed by atoms with Crippen LogP contribution in [0.3, 0.4) is 0 Å². The van der Waals surface area contributed by atoms with E-state index >= 15 is 0 Å². The number of rotatable bonds is 4. The molecule has 7 heteroatoms. The van der Waals surface area contributed by atoms with E-state index in [9.17, 15) is 14.9 Å². The predicted molar refractivity (Wildman–Crippen MR) is 82.1 cm³/mol. The normalized spacial score (nSPS) is 10.2. The van der Waals surface area contributed by atoms with Crippen molar-refractivity contribution >= 4 is 40.5 Å². The van der Waals surface area contributed by atoms with Crippen LogP contribution in [-0.2, 0) is 5.88 Å². The Balaban J connectivity index is 2.39. The van der Waals surface area contributed by atoms with Gasteiger partial charge in [-0.2, -0.15) is 0 Å². The molecule has 0 heterocycles. The Bertz CT molecular complexity index is 704. The molecule has 0 fully saturated rings. The molecule has 1 N–H and O–H groups in total. The Kier molecular flexibility index (Phi) is 4.77. The topological polar surface area (TPSA) is 72.2 Å². The summed E-state index contributed by atoms with van der Waals surface area (Å²) in [6.07, 6.45) is 0. The van der Waals surface area contributed by atoms with Crippen molar-refractivity contribution in [2.45, 2.75) is 5.88 Å². The van der Waals surface area contributed by atoms with Gasteiger partial charge in [0.25, 0.3) is 11.6 Å². The first kappa shape index (κ1) is 15.3. The summed E-state index contributed by atoms with van der Waals surface area (Å²) in [5.41, 5.74) is 0.686. The van der Waals surface area contributed by atoms with E-state index in [1.807, 2.05) is 0 Å². The minimum Gasteiger partial charge on any atom is -0.321 e. The number of hydrogen-bond acceptors (Lipinski definition) is 3. The second-order valence-corrected chi connectivity index (χ2v) is 4.81. The number of halogens is 2. The number of alkyl halides is 1. The SMILES string of the molecule is O=C(Nc1ccccc1CCl)c1c(Cl)cccc1[N+](=O)[O-]. The van der Waals surface area contributed by atoms with Crippen molar-refractivity contribution in [2.75, 3.05) is 5.32 Å². The molecule has 0 atom stereocenters. The van der Waals surface area contributed by atoms with Gasteiger partial charge in [0.1, 0.15) is 5.56 Å². The molecular formula is C14H10Cl2N2O3. The van der Waals surface area contributed by atoms with E-state index in [0.29, 0.717) is 11.3 Å². The molecule has 0 aliphatic heterocycles. The highest BCUT2D eigenvalue weighted by Crippen LogP contribution is 2.28. The third kappa shape index (κ3) is 3.32. The quantitative estimate of drug-likeness (QED) is 0.519. The number of amides is 1. The Morgan fingerprint density at radius 1 is 1.19 bits per heavy atom. The number of hydrogen-bond donors (Lipinski definition) is 1. The van der Waals surface area contributed by atoms with Crippen molar-refractivity contribution in [3.05, 3.63) is 68.7 Å². The monoisotopic (exact) mass is 324 g/mol. The van der Waals surface area contributed by atoms with Gasteiger partial charge in [0.2, 0.25) is 0 Å². The number of carbonyl (C=O) groups excluding carboxylic acids is 1. The third-order valence-electron chi connectivity index (χ3n) is 2.82. The number of nitro groups is 1. The molecule has 0 aliphatic rings. The first-order chi connectivity index (χ1) is 10.0. The van der Waals surface area contributed by atoms with Gasteiger partial charge in [0, 0.05) is 17.6 Å². The van der Waals surface area contributed by atoms with Crippen LogP contribution in [0.4, 0.5) is 11.4 Å². The fourth-order valence-corrected chi connectivity index (χ4v) is 2.32. The van der Waals surface area contributed by atoms with Crippen LogP contribution in [0.15, 0.2) is 42.5 Å². The molecule has 108 valence electrons. The van der Waals surface area contributed by atoms with Crippen LogP contribution in [0.25, 0.3) is 0 Å². The van der Waals surface area contributed by atoms with E-state index < -0.39 is 10.8 Å². The number of carbonyl (C=O) groups is 1. The number of nitrogens with one attached hydrogen (secondary N) is 1. The molecule has 0 aromatic heterocycles. The van der Waals surface area contributed by atoms with E-state index in [4.69, 9.17) is 23.2 Å². The summed E-state index contributed by atoms with van der Waals surface area (Å²) >= 11 is 11.7. The molecule has 0 aliphatic carbocycles. The summed E-state index contributed by atoms with van der Waals surface area (Å²) in [6, 6.07) is 11.0. The van der Waals surface area contributed by atoms with Crippen molar-refractivity contribution in [1.29, 1.82) is 0 Å². The Morgan fingerprint density at radius 2 is 1.90 bits per heavy atom. The van der Waals surface area contributed by atoms with Crippen LogP contribution >= 0.6 is 23.2 Å². The molecule has 0 saturated carbocycles. The average Bonchev–Trinajstić information content (AvgIpc) is 2.47. The number of benzene rings is 2. The van der Waals surface area contributed by atoms with Crippen molar-refractivity contribution in [3.63, 3.8) is 0 Å². The summed E-state index contributed by atoms with van der Waals surface area (Å²) in [5, 5.41) is 13.6. The molecule has 2 aromatic rings. The number of para-hydroxylation sites is 1. The van der Waals surface area contributed by atoms with Gasteiger partial charge < -0.3 is 5.32 Å². The smallest absolute Gasteiger partial charge is 0.283 e. The average molecular weight is 325 g/mol. The van der Waals surface area contributed by atoms with Gasteiger partial charge in [-0.1, -0.05) is 35.9 Å². The second-order valence-electron chi connectivity index (χ2n) is 4.14. The summed E-state index contributed by atoms with van der Waals surface area (Å²) in [7, 11) is 0. The fraction of sp³-hybridized carbons (Fsp3) is 0.0714. The van der Waals surface area contributed by atoms with E-state index in [-0.39, 0.29) is 22.2 Å². The zero-order valence-corrected chi connectivity index (χ0v) is 12.2. The van der Waals surface area contributed by atoms with Crippen LogP contribution in [0.5, 0.6) is 0 Å². The molecule has 0 saturated heterocycles. The zero-order valence-electron chi connectivity index (χ0n) is 10.7. The second kappa shape index (κ2) is 6.56. The van der Waals surface area contributed by atoms with Gasteiger partial charge in [0.15, 0.2) is 0 Å². The lowest BCUT2D eigenvalue weighted by atomic mass is 10.1. The van der Waals surface area contributed by atoms with Gasteiger partial charge in [-0.05, 0) is 17.7 Å². The first-order valence-electron chi connectivity index (χ1n) is 5.92. The van der Waals surface area contributed by atoms with Gasteiger partial charge >= 0.3 is 0 Å². The maximum atomic E-state index is 12.3. The van der Waals surface area contributed by atoms with E-state index in [1.165, 1.54) is 18.2 Å². The third-order valence-corrected chi connectivity index (χ3v) is 3.43. The number of anilines is 1. The van der Waals surface area contributed by atoms with Crippen molar-refractivity contribution in [1.82, 2.24) is 0 Å². The molecule has 21 heavy (non-hydrogen) atoms. The largest absolute Gasteiger partial charge is 0.321 e. The Hall–Kier alpha value is -2.11. The molecule has 2 rings (SSSR count). The van der Waals surface area contributed by atoms with Crippen LogP contribution in [-0.4, -0.2) is 10.8 Å². The lowest BCUT2D eigenvalue weighted by Gasteiger charge is -2.10. The van der Waals surface area contributed by atoms with Gasteiger partial charge in [0.05, 0.1) is 9.95 Å². The van der Waals surface area contributed by atoms with Crippen molar-refractivity contribution < 1.29 is 9.72 Å². The minimum atomic E-state index is -0.648. The summed E-state index contributed by atoms with van der Waals surface area (Å²) in [6.45, 7) is 0. The summed E-state index contributed by atoms with van der Waals surface area (Å²) in [4.78, 5) is 22.6. The zero-order chi connectivity index (χ0) is 15.4. The van der Waals surface area contributed by atoms with Gasteiger partial charge in [-0.15, -0.1) is 11.6 Å². The maximum absolute atomic E-state index is 12.3. The van der Waals surface area contributed by atoms with Crippen LogP contribution < -0.4 is 5.32 Å². The van der Waals surface area contributed by atoms with Crippen LogP contribution in [0.1, 0.15) is 15.9 Å². The van der Waals surface area contributed by atoms with Crippen LogP contribution in [0, 0.1) is 10.1 Å². The molecule has 0 spiro atoms. The van der Waals surface area contributed by atoms with Crippen molar-refractivity contribution in [2.24, 2.45) is 0 Å². The Morgan fingerprint density at radius 3 is 2.57 bits per heavy atom. The number of nitrogens with zero attached hydrogens (tertiary/aromatic N) is 1. The highest BCUT2D eigenvalue weighted by molar-refractivity contribution is 6.35. The Labute approximate surface area is 130 Å². The fourth-order valence-electron chi connectivity index (χ4n) is 1.83. The predicted octanol–water partition coefficient (Wildman–Crippen LogP) is 4.24. The molecular weight excluding hydrogens is 315 g/mol. The molecule has 0 radical (unpaired) electrons. The highest BCUT2D eigenvalue weighted by atomic mass is 35.5. The lowest BCUT2D eigenvalue weighted by Crippen LogP contribution is -2.15. The maximum Gasteiger partial charge on any atom is 0.283 e. The summed E-state index contributed by atoms with van der Waals surface area (Å²) in [5.74, 6) is -0.439. The highest BCUT2D eigenvalue weighted by Gasteiger charge is 2.23. The van der Waals surface area contributed by atoms with E-state index in [1.54, 1.807) is 24.3 Å². The van der Waals surface area contributed by atoms with Crippen LogP contribution in [0.2, 0.25) is 5.02 Å². The minimum absolute atomic E-state index is 0.0186. The van der Waals surface area contributed by atoms with Gasteiger partial charge in [-0.3, -0.25) is 14.9 Å². The standard InChI is InChI=1S/C14H10Cl2N2O3/c15-8-9-4-1-2-6-11(9)17-14(19)13-10(16)5-3-7-12(13)18(20)21/h1-7H,8H2,(H,17,19).